The second kappa shape index (κ2) is 11.6. The van der Waals surface area contributed by atoms with Crippen molar-refractivity contribution >= 4 is 5.91 Å². The minimum Gasteiger partial charge on any atom is -0.390 e. The van der Waals surface area contributed by atoms with E-state index in [-0.39, 0.29) is 36.4 Å². The Bertz CT molecular complexity index is 1000. The van der Waals surface area contributed by atoms with E-state index in [4.69, 9.17) is 0 Å². The summed E-state index contributed by atoms with van der Waals surface area (Å²) in [6.45, 7) is 8.25. The molecule has 0 heterocycles. The van der Waals surface area contributed by atoms with Gasteiger partial charge in [-0.2, -0.15) is 0 Å². The van der Waals surface area contributed by atoms with Crippen LogP contribution in [0.3, 0.4) is 0 Å². The summed E-state index contributed by atoms with van der Waals surface area (Å²) in [6.07, 6.45) is 2.08. The van der Waals surface area contributed by atoms with Crippen molar-refractivity contribution in [3.63, 3.8) is 0 Å². The zero-order valence-corrected chi connectivity index (χ0v) is 21.4. The first kappa shape index (κ1) is 27.2. The maximum atomic E-state index is 13.7. The number of carbonyl (C=O) groups excluding carboxylic acids is 1. The Hall–Kier alpha value is -2.35. The van der Waals surface area contributed by atoms with Gasteiger partial charge in [-0.05, 0) is 72.5 Å². The standard InChI is InChI=1S/C28H39F2N3O2/c1-17(34)33-25(13-19-10-21(29)14-22(30)11-19)26(35)16-32-27-23-12-18(15-28(2,3)4)6-7-20(23)8-9-24(27)31-5/h6-7,10-12,14,24-27,31-32,35H,8-9,13,15-16H2,1-5H3,(H,33,34). The first-order chi connectivity index (χ1) is 16.4. The molecule has 2 aromatic rings. The van der Waals surface area contributed by atoms with Gasteiger partial charge in [-0.15, -0.1) is 0 Å². The molecule has 35 heavy (non-hydrogen) atoms. The second-order valence-corrected chi connectivity index (χ2v) is 10.9. The van der Waals surface area contributed by atoms with Crippen molar-refractivity contribution < 1.29 is 18.7 Å². The molecule has 1 amide bonds. The predicted molar refractivity (Wildman–Crippen MR) is 135 cm³/mol. The maximum Gasteiger partial charge on any atom is 0.217 e. The van der Waals surface area contributed by atoms with E-state index in [1.54, 1.807) is 0 Å². The second-order valence-electron chi connectivity index (χ2n) is 10.9. The molecule has 1 aliphatic carbocycles. The molecule has 0 radical (unpaired) electrons. The van der Waals surface area contributed by atoms with Gasteiger partial charge in [0.15, 0.2) is 0 Å². The number of rotatable bonds is 9. The smallest absolute Gasteiger partial charge is 0.217 e. The van der Waals surface area contributed by atoms with Crippen LogP contribution in [0.5, 0.6) is 0 Å². The summed E-state index contributed by atoms with van der Waals surface area (Å²) in [5, 5.41) is 20.7. The highest BCUT2D eigenvalue weighted by Gasteiger charge is 2.30. The van der Waals surface area contributed by atoms with Gasteiger partial charge >= 0.3 is 0 Å². The van der Waals surface area contributed by atoms with Gasteiger partial charge in [0, 0.05) is 31.6 Å². The fourth-order valence-electron chi connectivity index (χ4n) is 5.06. The quantitative estimate of drug-likeness (QED) is 0.434. The Morgan fingerprint density at radius 3 is 2.40 bits per heavy atom. The topological polar surface area (TPSA) is 73.4 Å². The van der Waals surface area contributed by atoms with Crippen LogP contribution >= 0.6 is 0 Å². The number of benzene rings is 2. The van der Waals surface area contributed by atoms with E-state index in [1.165, 1.54) is 35.7 Å². The highest BCUT2D eigenvalue weighted by atomic mass is 19.1. The van der Waals surface area contributed by atoms with Crippen molar-refractivity contribution in [1.29, 1.82) is 0 Å². The fraction of sp³-hybridized carbons (Fsp3) is 0.536. The van der Waals surface area contributed by atoms with Crippen LogP contribution in [0, 0.1) is 17.0 Å². The number of halogens is 2. The third-order valence-corrected chi connectivity index (χ3v) is 6.56. The van der Waals surface area contributed by atoms with Crippen LogP contribution in [0.2, 0.25) is 0 Å². The molecule has 3 rings (SSSR count). The fourth-order valence-corrected chi connectivity index (χ4v) is 5.06. The summed E-state index contributed by atoms with van der Waals surface area (Å²) in [5.41, 5.74) is 4.36. The summed E-state index contributed by atoms with van der Waals surface area (Å²) < 4.78 is 27.4. The number of hydrogen-bond donors (Lipinski definition) is 4. The van der Waals surface area contributed by atoms with Gasteiger partial charge in [0.25, 0.3) is 0 Å². The third-order valence-electron chi connectivity index (χ3n) is 6.56. The van der Waals surface area contributed by atoms with Crippen molar-refractivity contribution in [3.05, 3.63) is 70.3 Å². The lowest BCUT2D eigenvalue weighted by Crippen LogP contribution is -2.51. The van der Waals surface area contributed by atoms with Crippen LogP contribution < -0.4 is 16.0 Å². The van der Waals surface area contributed by atoms with Gasteiger partial charge in [0.05, 0.1) is 12.1 Å². The molecule has 0 spiro atoms. The minimum absolute atomic E-state index is 0.0112. The molecule has 2 aromatic carbocycles. The molecule has 0 aromatic heterocycles. The van der Waals surface area contributed by atoms with Crippen LogP contribution in [0.1, 0.15) is 62.4 Å². The van der Waals surface area contributed by atoms with Crippen molar-refractivity contribution in [1.82, 2.24) is 16.0 Å². The van der Waals surface area contributed by atoms with E-state index < -0.39 is 23.8 Å². The average molecular weight is 488 g/mol. The number of aliphatic hydroxyl groups is 1. The Kier molecular flexibility index (Phi) is 9.02. The lowest BCUT2D eigenvalue weighted by atomic mass is 9.80. The number of aryl methyl sites for hydroxylation is 1. The number of hydrogen-bond acceptors (Lipinski definition) is 4. The summed E-state index contributed by atoms with van der Waals surface area (Å²) in [6, 6.07) is 9.44. The number of aliphatic hydroxyl groups excluding tert-OH is 1. The van der Waals surface area contributed by atoms with Crippen molar-refractivity contribution in [3.8, 4) is 0 Å². The molecule has 4 unspecified atom stereocenters. The van der Waals surface area contributed by atoms with Gasteiger partial charge in [0.2, 0.25) is 5.91 Å². The molecule has 5 nitrogen and oxygen atoms in total. The van der Waals surface area contributed by atoms with Gasteiger partial charge < -0.3 is 21.1 Å². The molecule has 0 bridgehead atoms. The molecule has 0 saturated carbocycles. The zero-order chi connectivity index (χ0) is 25.8. The lowest BCUT2D eigenvalue weighted by Gasteiger charge is -2.36. The average Bonchev–Trinajstić information content (AvgIpc) is 2.74. The van der Waals surface area contributed by atoms with Gasteiger partial charge in [-0.25, -0.2) is 8.78 Å². The SMILES string of the molecule is CNC1CCc2ccc(CC(C)(C)C)cc2C1NCC(O)C(Cc1cc(F)cc(F)c1)NC(C)=O. The highest BCUT2D eigenvalue weighted by Crippen LogP contribution is 2.32. The maximum absolute atomic E-state index is 13.7. The first-order valence-corrected chi connectivity index (χ1v) is 12.4. The van der Waals surface area contributed by atoms with E-state index in [9.17, 15) is 18.7 Å². The molecule has 4 atom stereocenters. The van der Waals surface area contributed by atoms with Crippen LogP contribution in [0.4, 0.5) is 8.78 Å². The number of amides is 1. The van der Waals surface area contributed by atoms with Gasteiger partial charge in [-0.3, -0.25) is 4.79 Å². The molecule has 0 aliphatic heterocycles. The van der Waals surface area contributed by atoms with E-state index in [1.807, 2.05) is 7.05 Å². The Balaban J connectivity index is 1.78. The molecule has 0 fully saturated rings. The minimum atomic E-state index is -0.953. The molecular formula is C28H39F2N3O2. The van der Waals surface area contributed by atoms with E-state index >= 15 is 0 Å². The van der Waals surface area contributed by atoms with Crippen LogP contribution in [-0.2, 0) is 24.1 Å². The molecule has 0 saturated heterocycles. The predicted octanol–water partition coefficient (Wildman–Crippen LogP) is 3.83. The number of carbonyl (C=O) groups is 1. The molecule has 7 heteroatoms. The molecule has 4 N–H and O–H groups in total. The number of likely N-dealkylation sites (N-methyl/N-ethyl adjacent to an activating group) is 1. The summed E-state index contributed by atoms with van der Waals surface area (Å²) in [5.74, 6) is -1.68. The van der Waals surface area contributed by atoms with Gasteiger partial charge in [0.1, 0.15) is 11.6 Å². The molecule has 1 aliphatic rings. The van der Waals surface area contributed by atoms with Crippen molar-refractivity contribution in [2.75, 3.05) is 13.6 Å². The monoisotopic (exact) mass is 487 g/mol. The van der Waals surface area contributed by atoms with Crippen molar-refractivity contribution in [2.24, 2.45) is 5.41 Å². The Morgan fingerprint density at radius 1 is 1.11 bits per heavy atom. The first-order valence-electron chi connectivity index (χ1n) is 12.4. The highest BCUT2D eigenvalue weighted by molar-refractivity contribution is 5.73. The molecule has 192 valence electrons. The van der Waals surface area contributed by atoms with E-state index in [0.717, 1.165) is 25.3 Å². The summed E-state index contributed by atoms with van der Waals surface area (Å²) in [7, 11) is 1.94. The normalized spacial score (nSPS) is 19.7. The van der Waals surface area contributed by atoms with Crippen molar-refractivity contribution in [2.45, 2.75) is 77.6 Å². The van der Waals surface area contributed by atoms with Crippen LogP contribution in [0.25, 0.3) is 0 Å². The van der Waals surface area contributed by atoms with Crippen LogP contribution in [0.15, 0.2) is 36.4 Å². The van der Waals surface area contributed by atoms with Crippen LogP contribution in [-0.4, -0.2) is 42.8 Å². The lowest BCUT2D eigenvalue weighted by molar-refractivity contribution is -0.120. The van der Waals surface area contributed by atoms with Gasteiger partial charge in [-0.1, -0.05) is 39.0 Å². The summed E-state index contributed by atoms with van der Waals surface area (Å²) in [4.78, 5) is 11.8. The van der Waals surface area contributed by atoms with E-state index in [0.29, 0.717) is 5.56 Å². The molecular weight excluding hydrogens is 448 g/mol. The Morgan fingerprint density at radius 2 is 1.80 bits per heavy atom. The summed E-state index contributed by atoms with van der Waals surface area (Å²) >= 11 is 0. The Labute approximate surface area is 207 Å². The largest absolute Gasteiger partial charge is 0.390 e. The van der Waals surface area contributed by atoms with E-state index in [2.05, 4.69) is 54.9 Å². The zero-order valence-electron chi connectivity index (χ0n) is 21.4. The number of nitrogens with one attached hydrogen (secondary N) is 3. The third kappa shape index (κ3) is 7.82. The number of fused-ring (bicyclic) bond motifs is 1.